The van der Waals surface area contributed by atoms with Crippen molar-refractivity contribution in [2.75, 3.05) is 30.8 Å². The molecule has 0 aromatic carbocycles. The Morgan fingerprint density at radius 2 is 2.11 bits per heavy atom. The second kappa shape index (κ2) is 5.74. The third-order valence-electron chi connectivity index (χ3n) is 3.63. The topological polar surface area (TPSA) is 59.1 Å². The number of hydrogen-bond acceptors (Lipinski definition) is 5. The molecule has 106 valence electrons. The smallest absolute Gasteiger partial charge is 0.135 e. The molecule has 1 aliphatic rings. The van der Waals surface area contributed by atoms with E-state index in [0.29, 0.717) is 5.92 Å². The van der Waals surface area contributed by atoms with Crippen LogP contribution in [0, 0.1) is 0 Å². The molecule has 0 amide bonds. The van der Waals surface area contributed by atoms with Gasteiger partial charge in [-0.05, 0) is 25.7 Å². The molecule has 2 rings (SSSR count). The maximum atomic E-state index is 5.80. The molecule has 0 spiro atoms. The van der Waals surface area contributed by atoms with E-state index in [-0.39, 0.29) is 5.60 Å². The van der Waals surface area contributed by atoms with Gasteiger partial charge in [0.2, 0.25) is 0 Å². The Kier molecular flexibility index (Phi) is 4.24. The van der Waals surface area contributed by atoms with Crippen LogP contribution in [0.1, 0.15) is 45.1 Å². The summed E-state index contributed by atoms with van der Waals surface area (Å²) in [5.41, 5.74) is 1.06. The van der Waals surface area contributed by atoms with Gasteiger partial charge in [-0.15, -0.1) is 0 Å². The lowest BCUT2D eigenvalue weighted by Gasteiger charge is -2.25. The lowest BCUT2D eigenvalue weighted by molar-refractivity contribution is 0.0314. The fourth-order valence-electron chi connectivity index (χ4n) is 2.53. The average molecular weight is 264 g/mol. The van der Waals surface area contributed by atoms with Crippen LogP contribution in [-0.4, -0.2) is 35.8 Å². The normalized spacial score (nSPS) is 22.8. The first-order valence-corrected chi connectivity index (χ1v) is 6.96. The van der Waals surface area contributed by atoms with Gasteiger partial charge in [-0.2, -0.15) is 0 Å². The number of nitrogens with one attached hydrogen (secondary N) is 2. The first kappa shape index (κ1) is 14.1. The Balaban J connectivity index is 2.15. The number of anilines is 2. The van der Waals surface area contributed by atoms with Crippen LogP contribution < -0.4 is 10.6 Å². The van der Waals surface area contributed by atoms with Crippen LogP contribution in [0.15, 0.2) is 6.33 Å². The fraction of sp³-hybridized carbons (Fsp3) is 0.714. The van der Waals surface area contributed by atoms with E-state index in [1.54, 1.807) is 6.33 Å². The highest BCUT2D eigenvalue weighted by Gasteiger charge is 2.30. The van der Waals surface area contributed by atoms with Crippen molar-refractivity contribution in [3.8, 4) is 0 Å². The van der Waals surface area contributed by atoms with Crippen LogP contribution in [0.3, 0.4) is 0 Å². The molecule has 0 radical (unpaired) electrons. The summed E-state index contributed by atoms with van der Waals surface area (Å²) in [5, 5.41) is 6.57. The molecule has 0 saturated carbocycles. The molecular weight excluding hydrogens is 240 g/mol. The third-order valence-corrected chi connectivity index (χ3v) is 3.63. The Hall–Kier alpha value is -1.36. The first-order valence-electron chi connectivity index (χ1n) is 6.96. The molecular formula is C14H24N4O. The summed E-state index contributed by atoms with van der Waals surface area (Å²) >= 11 is 0. The second-order valence-electron chi connectivity index (χ2n) is 5.64. The van der Waals surface area contributed by atoms with Gasteiger partial charge in [0.25, 0.3) is 0 Å². The molecule has 2 heterocycles. The van der Waals surface area contributed by atoms with Gasteiger partial charge < -0.3 is 15.4 Å². The lowest BCUT2D eigenvalue weighted by Crippen LogP contribution is -2.33. The van der Waals surface area contributed by atoms with Crippen molar-refractivity contribution >= 4 is 11.6 Å². The Morgan fingerprint density at radius 3 is 2.68 bits per heavy atom. The van der Waals surface area contributed by atoms with Crippen molar-refractivity contribution in [2.45, 2.75) is 45.1 Å². The molecule has 2 N–H and O–H groups in total. The minimum atomic E-state index is -0.0704. The van der Waals surface area contributed by atoms with Crippen LogP contribution in [0.5, 0.6) is 0 Å². The fourth-order valence-corrected chi connectivity index (χ4v) is 2.53. The minimum absolute atomic E-state index is 0.0704. The van der Waals surface area contributed by atoms with E-state index in [1.807, 2.05) is 7.05 Å². The number of rotatable bonds is 5. The highest BCUT2D eigenvalue weighted by molar-refractivity contribution is 5.58. The van der Waals surface area contributed by atoms with E-state index < -0.39 is 0 Å². The Morgan fingerprint density at radius 1 is 1.37 bits per heavy atom. The quantitative estimate of drug-likeness (QED) is 0.856. The zero-order valence-corrected chi connectivity index (χ0v) is 12.3. The van der Waals surface area contributed by atoms with E-state index in [4.69, 9.17) is 4.74 Å². The summed E-state index contributed by atoms with van der Waals surface area (Å²) in [4.78, 5) is 8.67. The first-order chi connectivity index (χ1) is 9.06. The highest BCUT2D eigenvalue weighted by atomic mass is 16.5. The van der Waals surface area contributed by atoms with Crippen molar-refractivity contribution in [3.63, 3.8) is 0 Å². The van der Waals surface area contributed by atoms with Gasteiger partial charge in [-0.3, -0.25) is 0 Å². The van der Waals surface area contributed by atoms with Crippen molar-refractivity contribution in [3.05, 3.63) is 11.9 Å². The van der Waals surface area contributed by atoms with Crippen LogP contribution in [0.4, 0.5) is 11.6 Å². The molecule has 1 atom stereocenters. The molecule has 1 aromatic heterocycles. The molecule has 1 aliphatic heterocycles. The van der Waals surface area contributed by atoms with E-state index >= 15 is 0 Å². The van der Waals surface area contributed by atoms with E-state index in [0.717, 1.165) is 43.2 Å². The van der Waals surface area contributed by atoms with Crippen LogP contribution in [-0.2, 0) is 4.74 Å². The predicted molar refractivity (Wildman–Crippen MR) is 77.7 cm³/mol. The summed E-state index contributed by atoms with van der Waals surface area (Å²) in [7, 11) is 1.89. The molecule has 1 saturated heterocycles. The average Bonchev–Trinajstić information content (AvgIpc) is 2.83. The van der Waals surface area contributed by atoms with Crippen LogP contribution >= 0.6 is 0 Å². The zero-order valence-electron chi connectivity index (χ0n) is 12.3. The van der Waals surface area contributed by atoms with Crippen molar-refractivity contribution in [2.24, 2.45) is 0 Å². The van der Waals surface area contributed by atoms with Crippen LogP contribution in [0.25, 0.3) is 0 Å². The van der Waals surface area contributed by atoms with E-state index in [1.165, 1.54) is 0 Å². The van der Waals surface area contributed by atoms with Gasteiger partial charge in [-0.1, -0.05) is 13.8 Å². The number of ether oxygens (including phenoxy) is 1. The largest absolute Gasteiger partial charge is 0.373 e. The summed E-state index contributed by atoms with van der Waals surface area (Å²) < 4.78 is 5.80. The van der Waals surface area contributed by atoms with Gasteiger partial charge in [-0.25, -0.2) is 9.97 Å². The van der Waals surface area contributed by atoms with Gasteiger partial charge in [0.05, 0.1) is 5.60 Å². The maximum Gasteiger partial charge on any atom is 0.135 e. The number of nitrogens with zero attached hydrogens (tertiary/aromatic N) is 2. The molecule has 1 unspecified atom stereocenters. The summed E-state index contributed by atoms with van der Waals surface area (Å²) in [6.45, 7) is 8.10. The zero-order chi connectivity index (χ0) is 13.9. The number of aromatic nitrogens is 2. The van der Waals surface area contributed by atoms with Crippen molar-refractivity contribution in [1.29, 1.82) is 0 Å². The molecule has 19 heavy (non-hydrogen) atoms. The maximum absolute atomic E-state index is 5.80. The molecule has 5 heteroatoms. The molecule has 0 bridgehead atoms. The molecule has 0 aliphatic carbocycles. The van der Waals surface area contributed by atoms with Crippen molar-refractivity contribution in [1.82, 2.24) is 9.97 Å². The third kappa shape index (κ3) is 3.15. The van der Waals surface area contributed by atoms with Gasteiger partial charge in [0, 0.05) is 25.8 Å². The Bertz CT molecular complexity index is 427. The second-order valence-corrected chi connectivity index (χ2v) is 5.64. The Labute approximate surface area is 115 Å². The summed E-state index contributed by atoms with van der Waals surface area (Å²) in [6, 6.07) is 0. The lowest BCUT2D eigenvalue weighted by atomic mass is 10.0. The predicted octanol–water partition coefficient (Wildman–Crippen LogP) is 2.62. The number of hydrogen-bond donors (Lipinski definition) is 2. The SMILES string of the molecule is CNc1ncnc(NCC2(C)CCCO2)c1C(C)C. The standard InChI is InChI=1S/C14H24N4O/c1-10(2)11-12(15-4)17-9-18-13(11)16-8-14(3)6-5-7-19-14/h9-10H,5-8H2,1-4H3,(H2,15,16,17,18). The molecule has 1 fully saturated rings. The van der Waals surface area contributed by atoms with Gasteiger partial charge >= 0.3 is 0 Å². The van der Waals surface area contributed by atoms with E-state index in [9.17, 15) is 0 Å². The minimum Gasteiger partial charge on any atom is -0.373 e. The molecule has 5 nitrogen and oxygen atoms in total. The summed E-state index contributed by atoms with van der Waals surface area (Å²) in [6.07, 6.45) is 3.83. The van der Waals surface area contributed by atoms with Crippen LogP contribution in [0.2, 0.25) is 0 Å². The highest BCUT2D eigenvalue weighted by Crippen LogP contribution is 2.30. The monoisotopic (exact) mass is 264 g/mol. The molecule has 1 aromatic rings. The van der Waals surface area contributed by atoms with Crippen molar-refractivity contribution < 1.29 is 4.74 Å². The van der Waals surface area contributed by atoms with Gasteiger partial charge in [0.1, 0.15) is 18.0 Å². The summed E-state index contributed by atoms with van der Waals surface area (Å²) in [5.74, 6) is 2.17. The van der Waals surface area contributed by atoms with E-state index in [2.05, 4.69) is 41.4 Å². The van der Waals surface area contributed by atoms with Gasteiger partial charge in [0.15, 0.2) is 0 Å².